The van der Waals surface area contributed by atoms with Gasteiger partial charge in [0.25, 0.3) is 0 Å². The van der Waals surface area contributed by atoms with Gasteiger partial charge in [-0.1, -0.05) is 77.1 Å². The van der Waals surface area contributed by atoms with Crippen LogP contribution in [-0.4, -0.2) is 25.7 Å². The Morgan fingerprint density at radius 2 is 1.35 bits per heavy atom. The standard InChI is InChI=1S/C21H37NO2Si.Na.H/c1-25(2,3)18-12-10-8-6-4-5-7-9-11-17-22-20-15-13-19(14-16-20)21(23)24;;/h13-16,22H,4-12,17-18H2,1-3H3,(H,23,24);;/q;+1;-1. The largest absolute Gasteiger partial charge is 1.00 e. The van der Waals surface area contributed by atoms with E-state index in [2.05, 4.69) is 25.0 Å². The Morgan fingerprint density at radius 1 is 0.885 bits per heavy atom. The minimum absolute atomic E-state index is 0. The van der Waals surface area contributed by atoms with Gasteiger partial charge in [0.2, 0.25) is 0 Å². The van der Waals surface area contributed by atoms with E-state index in [1.54, 1.807) is 12.1 Å². The van der Waals surface area contributed by atoms with E-state index < -0.39 is 14.0 Å². The van der Waals surface area contributed by atoms with E-state index >= 15 is 0 Å². The molecule has 0 aromatic heterocycles. The molecule has 26 heavy (non-hydrogen) atoms. The quantitative estimate of drug-likeness (QED) is 0.377. The summed E-state index contributed by atoms with van der Waals surface area (Å²) in [5.41, 5.74) is 1.34. The zero-order chi connectivity index (χ0) is 18.5. The van der Waals surface area contributed by atoms with Crippen LogP contribution < -0.4 is 34.9 Å². The molecule has 0 aliphatic carbocycles. The number of hydrogen-bond acceptors (Lipinski definition) is 2. The Balaban J connectivity index is 0. The molecule has 0 saturated heterocycles. The summed E-state index contributed by atoms with van der Waals surface area (Å²) in [6.45, 7) is 8.36. The number of carboxylic acid groups (broad SMARTS) is 1. The van der Waals surface area contributed by atoms with Gasteiger partial charge in [0, 0.05) is 20.3 Å². The molecule has 0 amide bonds. The normalized spacial score (nSPS) is 11.0. The molecule has 3 nitrogen and oxygen atoms in total. The van der Waals surface area contributed by atoms with Gasteiger partial charge in [-0.15, -0.1) is 0 Å². The molecular formula is C21H38NNaO2Si. The third kappa shape index (κ3) is 13.9. The van der Waals surface area contributed by atoms with Crippen LogP contribution in [0.1, 0.15) is 69.6 Å². The number of aromatic carboxylic acids is 1. The summed E-state index contributed by atoms with van der Waals surface area (Å²) in [6, 6.07) is 8.46. The van der Waals surface area contributed by atoms with Crippen LogP contribution >= 0.6 is 0 Å². The van der Waals surface area contributed by atoms with E-state index in [4.69, 9.17) is 5.11 Å². The summed E-state index contributed by atoms with van der Waals surface area (Å²) >= 11 is 0. The van der Waals surface area contributed by atoms with E-state index in [1.165, 1.54) is 63.8 Å². The first-order chi connectivity index (χ1) is 11.9. The second-order valence-electron chi connectivity index (χ2n) is 8.30. The Kier molecular flexibility index (Phi) is 14.6. The van der Waals surface area contributed by atoms with Gasteiger partial charge in [-0.05, 0) is 30.7 Å². The number of hydrogen-bond donors (Lipinski definition) is 2. The van der Waals surface area contributed by atoms with Crippen LogP contribution in [0, 0.1) is 0 Å². The van der Waals surface area contributed by atoms with E-state index in [-0.39, 0.29) is 31.0 Å². The first kappa shape index (κ1) is 25.7. The molecule has 0 aliphatic rings. The summed E-state index contributed by atoms with van der Waals surface area (Å²) in [6.07, 6.45) is 12.2. The molecule has 1 aromatic rings. The van der Waals surface area contributed by atoms with E-state index in [1.807, 2.05) is 12.1 Å². The second kappa shape index (κ2) is 14.7. The molecule has 0 spiro atoms. The van der Waals surface area contributed by atoms with Gasteiger partial charge in [0.15, 0.2) is 0 Å². The summed E-state index contributed by atoms with van der Waals surface area (Å²) in [4.78, 5) is 10.8. The molecule has 0 atom stereocenters. The molecule has 1 rings (SSSR count). The minimum Gasteiger partial charge on any atom is -1.00 e. The van der Waals surface area contributed by atoms with Gasteiger partial charge in [-0.3, -0.25) is 0 Å². The number of unbranched alkanes of at least 4 members (excludes halogenated alkanes) is 8. The fraction of sp³-hybridized carbons (Fsp3) is 0.667. The summed E-state index contributed by atoms with van der Waals surface area (Å²) < 4.78 is 0. The van der Waals surface area contributed by atoms with Crippen LogP contribution in [0.3, 0.4) is 0 Å². The molecule has 0 aliphatic heterocycles. The average molecular weight is 388 g/mol. The number of carboxylic acids is 1. The van der Waals surface area contributed by atoms with Crippen molar-refractivity contribution >= 4 is 19.7 Å². The SMILES string of the molecule is C[Si](C)(C)CCCCCCCCCCCNc1ccc(C(=O)O)cc1.[H-].[Na+]. The van der Waals surface area contributed by atoms with Gasteiger partial charge < -0.3 is 11.8 Å². The van der Waals surface area contributed by atoms with Crippen LogP contribution in [0.4, 0.5) is 5.69 Å². The van der Waals surface area contributed by atoms with Crippen molar-refractivity contribution in [1.29, 1.82) is 0 Å². The first-order valence-electron chi connectivity index (χ1n) is 9.96. The predicted molar refractivity (Wildman–Crippen MR) is 113 cm³/mol. The van der Waals surface area contributed by atoms with Crippen LogP contribution in [0.15, 0.2) is 24.3 Å². The monoisotopic (exact) mass is 387 g/mol. The smallest absolute Gasteiger partial charge is 1.00 e. The molecule has 0 bridgehead atoms. The van der Waals surface area contributed by atoms with Crippen molar-refractivity contribution in [3.8, 4) is 0 Å². The number of benzene rings is 1. The Labute approximate surface area is 185 Å². The first-order valence-corrected chi connectivity index (χ1v) is 13.7. The van der Waals surface area contributed by atoms with Gasteiger partial charge in [0.05, 0.1) is 5.56 Å². The fourth-order valence-corrected chi connectivity index (χ4v) is 4.29. The van der Waals surface area contributed by atoms with Crippen LogP contribution in [0.5, 0.6) is 0 Å². The zero-order valence-electron chi connectivity index (χ0n) is 18.4. The van der Waals surface area contributed by atoms with E-state index in [0.29, 0.717) is 5.56 Å². The molecule has 1 aromatic carbocycles. The minimum atomic E-state index is -0.873. The van der Waals surface area contributed by atoms with Crippen molar-refractivity contribution in [2.45, 2.75) is 83.5 Å². The van der Waals surface area contributed by atoms with E-state index in [9.17, 15) is 4.79 Å². The van der Waals surface area contributed by atoms with Crippen molar-refractivity contribution in [1.82, 2.24) is 0 Å². The van der Waals surface area contributed by atoms with E-state index in [0.717, 1.165) is 12.2 Å². The topological polar surface area (TPSA) is 49.3 Å². The number of carbonyl (C=O) groups is 1. The third-order valence-corrected chi connectivity index (χ3v) is 6.42. The maximum atomic E-state index is 10.8. The molecule has 5 heteroatoms. The van der Waals surface area contributed by atoms with Gasteiger partial charge >= 0.3 is 35.5 Å². The fourth-order valence-electron chi connectivity index (χ4n) is 2.98. The molecule has 0 heterocycles. The van der Waals surface area contributed by atoms with Gasteiger partial charge in [0.1, 0.15) is 0 Å². The van der Waals surface area contributed by atoms with Crippen molar-refractivity contribution in [3.05, 3.63) is 29.8 Å². The molecule has 144 valence electrons. The Morgan fingerprint density at radius 3 is 1.81 bits per heavy atom. The van der Waals surface area contributed by atoms with Crippen LogP contribution in [0.2, 0.25) is 25.7 Å². The summed E-state index contributed by atoms with van der Waals surface area (Å²) in [5.74, 6) is -0.873. The van der Waals surface area contributed by atoms with Crippen LogP contribution in [-0.2, 0) is 0 Å². The molecule has 0 fully saturated rings. The van der Waals surface area contributed by atoms with Crippen LogP contribution in [0.25, 0.3) is 0 Å². The molecule has 0 unspecified atom stereocenters. The van der Waals surface area contributed by atoms with Crippen molar-refractivity contribution < 1.29 is 40.9 Å². The number of rotatable bonds is 14. The Bertz CT molecular complexity index is 492. The van der Waals surface area contributed by atoms with Gasteiger partial charge in [-0.2, -0.15) is 0 Å². The second-order valence-corrected chi connectivity index (χ2v) is 13.9. The maximum Gasteiger partial charge on any atom is 1.00 e. The molecule has 2 N–H and O–H groups in total. The average Bonchev–Trinajstić information content (AvgIpc) is 2.55. The number of nitrogens with one attached hydrogen (secondary N) is 1. The van der Waals surface area contributed by atoms with Crippen molar-refractivity contribution in [3.63, 3.8) is 0 Å². The number of anilines is 1. The molecule has 0 saturated carbocycles. The maximum absolute atomic E-state index is 10.8. The summed E-state index contributed by atoms with van der Waals surface area (Å²) in [7, 11) is -0.816. The van der Waals surface area contributed by atoms with Crippen molar-refractivity contribution in [2.24, 2.45) is 0 Å². The van der Waals surface area contributed by atoms with Crippen molar-refractivity contribution in [2.75, 3.05) is 11.9 Å². The predicted octanol–water partition coefficient (Wildman–Crippen LogP) is 3.76. The third-order valence-electron chi connectivity index (χ3n) is 4.56. The molecular weight excluding hydrogens is 349 g/mol. The summed E-state index contributed by atoms with van der Waals surface area (Å²) in [5, 5.41) is 12.2. The zero-order valence-corrected chi connectivity index (χ0v) is 20.4. The Hall–Kier alpha value is -0.293. The molecule has 0 radical (unpaired) electrons. The van der Waals surface area contributed by atoms with Gasteiger partial charge in [-0.25, -0.2) is 4.79 Å².